The highest BCUT2D eigenvalue weighted by molar-refractivity contribution is 6.22. The number of nitrogens with zero attached hydrogens (tertiary/aromatic N) is 4. The first-order chi connectivity index (χ1) is 19.5. The molecule has 0 bridgehead atoms. The van der Waals surface area contributed by atoms with E-state index in [1.54, 1.807) is 23.2 Å². The summed E-state index contributed by atoms with van der Waals surface area (Å²) in [5.41, 5.74) is 0.415. The first kappa shape index (κ1) is 25.8. The van der Waals surface area contributed by atoms with Crippen LogP contribution in [0.2, 0.25) is 0 Å². The normalized spacial score (nSPS) is 21.2. The lowest BCUT2D eigenvalue weighted by Crippen LogP contribution is -2.43. The highest BCUT2D eigenvalue weighted by Gasteiger charge is 2.48. The molecular formula is C30H30N4O6. The number of carbonyl (C=O) groups excluding carboxylic acids is 3. The van der Waals surface area contributed by atoms with Crippen LogP contribution in [0.15, 0.2) is 67.0 Å². The molecule has 2 aliphatic heterocycles. The Kier molecular flexibility index (Phi) is 7.31. The number of anilines is 1. The third-order valence-electron chi connectivity index (χ3n) is 7.70. The number of likely N-dealkylation sites (tertiary alicyclic amines) is 1. The van der Waals surface area contributed by atoms with Gasteiger partial charge >= 0.3 is 6.09 Å². The van der Waals surface area contributed by atoms with Gasteiger partial charge in [-0.05, 0) is 49.2 Å². The van der Waals surface area contributed by atoms with Crippen molar-refractivity contribution in [2.75, 3.05) is 18.0 Å². The summed E-state index contributed by atoms with van der Waals surface area (Å²) < 4.78 is 17.3. The largest absolute Gasteiger partial charge is 0.490 e. The molecule has 4 heterocycles. The van der Waals surface area contributed by atoms with Crippen molar-refractivity contribution in [1.29, 1.82) is 0 Å². The van der Waals surface area contributed by atoms with Gasteiger partial charge in [0.1, 0.15) is 17.6 Å². The van der Waals surface area contributed by atoms with Crippen LogP contribution >= 0.6 is 0 Å². The Morgan fingerprint density at radius 3 is 2.10 bits per heavy atom. The van der Waals surface area contributed by atoms with Gasteiger partial charge < -0.3 is 19.1 Å². The lowest BCUT2D eigenvalue weighted by Gasteiger charge is -2.31. The molecule has 3 fully saturated rings. The molecule has 10 heteroatoms. The Morgan fingerprint density at radius 2 is 1.48 bits per heavy atom. The Hall–Kier alpha value is -4.47. The zero-order chi connectivity index (χ0) is 27.5. The van der Waals surface area contributed by atoms with E-state index in [-0.39, 0.29) is 35.6 Å². The van der Waals surface area contributed by atoms with E-state index in [0.717, 1.165) is 31.4 Å². The number of carbonyl (C=O) groups is 3. The van der Waals surface area contributed by atoms with Gasteiger partial charge in [0.15, 0.2) is 0 Å². The summed E-state index contributed by atoms with van der Waals surface area (Å²) in [5, 5.41) is 0. The maximum atomic E-state index is 12.8. The van der Waals surface area contributed by atoms with E-state index < -0.39 is 6.09 Å². The van der Waals surface area contributed by atoms with Crippen LogP contribution in [0.1, 0.15) is 38.5 Å². The van der Waals surface area contributed by atoms with Gasteiger partial charge in [0, 0.05) is 44.3 Å². The minimum atomic E-state index is -0.492. The SMILES string of the molecule is O=C(Oc1ccc(N2C(=O)C3CCCCC3C2=O)cn1)N1CCC(Oc2ccc(Oc3ccccn3)cc2)CC1. The fourth-order valence-corrected chi connectivity index (χ4v) is 5.60. The Morgan fingerprint density at radius 1 is 0.775 bits per heavy atom. The van der Waals surface area contributed by atoms with Gasteiger partial charge in [0.25, 0.3) is 0 Å². The number of ether oxygens (including phenoxy) is 3. The number of pyridine rings is 2. The molecule has 3 amide bonds. The van der Waals surface area contributed by atoms with Crippen LogP contribution in [0.5, 0.6) is 23.3 Å². The van der Waals surface area contributed by atoms with Gasteiger partial charge in [-0.3, -0.25) is 9.59 Å². The Balaban J connectivity index is 0.976. The summed E-state index contributed by atoms with van der Waals surface area (Å²) in [5.74, 6) is 1.29. The monoisotopic (exact) mass is 542 g/mol. The molecule has 2 saturated heterocycles. The third kappa shape index (κ3) is 5.47. The minimum Gasteiger partial charge on any atom is -0.490 e. The summed E-state index contributed by atoms with van der Waals surface area (Å²) in [4.78, 5) is 49.6. The van der Waals surface area contributed by atoms with Crippen molar-refractivity contribution in [3.63, 3.8) is 0 Å². The molecule has 6 rings (SSSR count). The van der Waals surface area contributed by atoms with Gasteiger partial charge in [0.05, 0.1) is 23.7 Å². The van der Waals surface area contributed by atoms with Crippen LogP contribution in [0, 0.1) is 11.8 Å². The molecule has 2 unspecified atom stereocenters. The molecule has 0 radical (unpaired) electrons. The number of fused-ring (bicyclic) bond motifs is 1. The number of amides is 3. The van der Waals surface area contributed by atoms with Crippen LogP contribution in [0.4, 0.5) is 10.5 Å². The second kappa shape index (κ2) is 11.3. The first-order valence-electron chi connectivity index (χ1n) is 13.7. The van der Waals surface area contributed by atoms with Crippen LogP contribution in [0.3, 0.4) is 0 Å². The fraction of sp³-hybridized carbons (Fsp3) is 0.367. The average molecular weight is 543 g/mol. The van der Waals surface area contributed by atoms with Crippen molar-refractivity contribution in [3.05, 3.63) is 67.0 Å². The minimum absolute atomic E-state index is 0.0248. The molecule has 1 aromatic carbocycles. The smallest absolute Gasteiger partial charge is 0.416 e. The number of aromatic nitrogens is 2. The number of piperidine rings is 1. The molecule has 1 saturated carbocycles. The van der Waals surface area contributed by atoms with Gasteiger partial charge in [-0.2, -0.15) is 0 Å². The maximum absolute atomic E-state index is 12.8. The Bertz CT molecular complexity index is 1330. The molecular weight excluding hydrogens is 512 g/mol. The maximum Gasteiger partial charge on any atom is 0.416 e. The van der Waals surface area contributed by atoms with E-state index in [4.69, 9.17) is 14.2 Å². The quantitative estimate of drug-likeness (QED) is 0.401. The highest BCUT2D eigenvalue weighted by Crippen LogP contribution is 2.40. The van der Waals surface area contributed by atoms with Crippen LogP contribution in [-0.2, 0) is 9.59 Å². The lowest BCUT2D eigenvalue weighted by atomic mass is 9.81. The van der Waals surface area contributed by atoms with Gasteiger partial charge in [-0.25, -0.2) is 19.7 Å². The van der Waals surface area contributed by atoms with E-state index in [9.17, 15) is 14.4 Å². The van der Waals surface area contributed by atoms with E-state index in [2.05, 4.69) is 9.97 Å². The van der Waals surface area contributed by atoms with Crippen LogP contribution < -0.4 is 19.1 Å². The van der Waals surface area contributed by atoms with E-state index in [0.29, 0.717) is 43.2 Å². The lowest BCUT2D eigenvalue weighted by molar-refractivity contribution is -0.122. The molecule has 3 aromatic rings. The topological polar surface area (TPSA) is 111 Å². The highest BCUT2D eigenvalue weighted by atomic mass is 16.6. The molecule has 1 aliphatic carbocycles. The fourth-order valence-electron chi connectivity index (χ4n) is 5.60. The second-order valence-electron chi connectivity index (χ2n) is 10.3. The number of rotatable bonds is 6. The summed E-state index contributed by atoms with van der Waals surface area (Å²) >= 11 is 0. The van der Waals surface area contributed by atoms with Crippen molar-refractivity contribution in [1.82, 2.24) is 14.9 Å². The molecule has 2 atom stereocenters. The second-order valence-corrected chi connectivity index (χ2v) is 10.3. The summed E-state index contributed by atoms with van der Waals surface area (Å²) in [6.07, 6.45) is 7.35. The predicted octanol–water partition coefficient (Wildman–Crippen LogP) is 4.99. The van der Waals surface area contributed by atoms with E-state index in [1.165, 1.54) is 17.2 Å². The molecule has 0 N–H and O–H groups in total. The zero-order valence-corrected chi connectivity index (χ0v) is 22.0. The van der Waals surface area contributed by atoms with Crippen molar-refractivity contribution >= 4 is 23.6 Å². The third-order valence-corrected chi connectivity index (χ3v) is 7.70. The van der Waals surface area contributed by atoms with Crippen molar-refractivity contribution in [2.45, 2.75) is 44.6 Å². The number of hydrogen-bond acceptors (Lipinski definition) is 8. The van der Waals surface area contributed by atoms with Crippen LogP contribution in [0.25, 0.3) is 0 Å². The van der Waals surface area contributed by atoms with Gasteiger partial charge in [-0.1, -0.05) is 18.9 Å². The standard InChI is InChI=1S/C30H30N4O6/c35-28-24-5-1-2-6-25(24)29(36)34(28)20-8-13-27(32-19-20)40-30(37)33-17-14-23(15-18-33)38-21-9-11-22(12-10-21)39-26-7-3-4-16-31-26/h3-4,7-13,16,19,23-25H,1-2,5-6,14-15,17-18H2. The summed E-state index contributed by atoms with van der Waals surface area (Å²) in [7, 11) is 0. The molecule has 2 aromatic heterocycles. The van der Waals surface area contributed by atoms with Gasteiger partial charge in [-0.15, -0.1) is 0 Å². The molecule has 206 valence electrons. The average Bonchev–Trinajstić information content (AvgIpc) is 3.25. The molecule has 3 aliphatic rings. The molecule has 0 spiro atoms. The van der Waals surface area contributed by atoms with E-state index >= 15 is 0 Å². The van der Waals surface area contributed by atoms with Crippen LogP contribution in [-0.4, -0.2) is 52.0 Å². The first-order valence-corrected chi connectivity index (χ1v) is 13.7. The molecule has 10 nitrogen and oxygen atoms in total. The number of imide groups is 1. The Labute approximate surface area is 231 Å². The van der Waals surface area contributed by atoms with Crippen molar-refractivity contribution < 1.29 is 28.6 Å². The van der Waals surface area contributed by atoms with Crippen molar-refractivity contribution in [2.24, 2.45) is 11.8 Å². The van der Waals surface area contributed by atoms with Gasteiger partial charge in [0.2, 0.25) is 23.6 Å². The summed E-state index contributed by atoms with van der Waals surface area (Å²) in [6.45, 7) is 0.976. The van der Waals surface area contributed by atoms with E-state index in [1.807, 2.05) is 36.4 Å². The predicted molar refractivity (Wildman–Crippen MR) is 144 cm³/mol. The molecule has 40 heavy (non-hydrogen) atoms. The zero-order valence-electron chi connectivity index (χ0n) is 22.0. The number of hydrogen-bond donors (Lipinski definition) is 0. The summed E-state index contributed by atoms with van der Waals surface area (Å²) in [6, 6.07) is 16.0. The van der Waals surface area contributed by atoms with Crippen molar-refractivity contribution in [3.8, 4) is 23.3 Å². The number of benzene rings is 1.